The summed E-state index contributed by atoms with van der Waals surface area (Å²) in [6, 6.07) is 12.5. The number of benzene rings is 1. The summed E-state index contributed by atoms with van der Waals surface area (Å²) >= 11 is 1.68. The van der Waals surface area contributed by atoms with Crippen LogP contribution in [0.3, 0.4) is 0 Å². The average Bonchev–Trinajstić information content (AvgIpc) is 3.50. The van der Waals surface area contributed by atoms with Crippen LogP contribution in [0.25, 0.3) is 22.0 Å². The maximum atomic E-state index is 13.3. The summed E-state index contributed by atoms with van der Waals surface area (Å²) in [5.41, 5.74) is 5.11. The molecule has 2 aliphatic rings. The predicted molar refractivity (Wildman–Crippen MR) is 141 cm³/mol. The van der Waals surface area contributed by atoms with Gasteiger partial charge in [0.2, 0.25) is 0 Å². The van der Waals surface area contributed by atoms with Gasteiger partial charge in [-0.25, -0.2) is 4.98 Å². The van der Waals surface area contributed by atoms with Crippen LogP contribution in [0.2, 0.25) is 0 Å². The molecule has 4 nitrogen and oxygen atoms in total. The first-order valence-electron chi connectivity index (χ1n) is 13.2. The van der Waals surface area contributed by atoms with Crippen LogP contribution in [-0.4, -0.2) is 22.0 Å². The number of hydrogen-bond donors (Lipinski definition) is 1. The minimum Gasteiger partial charge on any atom is -0.352 e. The number of carbonyl (C=O) groups excluding carboxylic acids is 1. The van der Waals surface area contributed by atoms with Gasteiger partial charge < -0.3 is 9.88 Å². The van der Waals surface area contributed by atoms with Crippen LogP contribution in [0, 0.1) is 18.8 Å². The highest BCUT2D eigenvalue weighted by molar-refractivity contribution is 7.13. The van der Waals surface area contributed by atoms with E-state index in [1.54, 1.807) is 11.3 Å². The van der Waals surface area contributed by atoms with E-state index in [1.807, 2.05) is 6.07 Å². The third kappa shape index (κ3) is 5.30. The fourth-order valence-electron chi connectivity index (χ4n) is 5.78. The Morgan fingerprint density at radius 1 is 1.00 bits per heavy atom. The molecule has 5 rings (SSSR count). The van der Waals surface area contributed by atoms with E-state index in [0.717, 1.165) is 46.3 Å². The van der Waals surface area contributed by atoms with E-state index in [4.69, 9.17) is 4.98 Å². The van der Waals surface area contributed by atoms with E-state index in [1.165, 1.54) is 64.2 Å². The molecule has 1 amide bonds. The lowest BCUT2D eigenvalue weighted by Crippen LogP contribution is -2.30. The largest absolute Gasteiger partial charge is 0.352 e. The maximum absolute atomic E-state index is 13.3. The van der Waals surface area contributed by atoms with Gasteiger partial charge in [0.1, 0.15) is 5.01 Å². The first kappa shape index (κ1) is 23.3. The average molecular weight is 476 g/mol. The molecule has 3 aromatic rings. The van der Waals surface area contributed by atoms with Crippen LogP contribution in [0.4, 0.5) is 0 Å². The van der Waals surface area contributed by atoms with Crippen LogP contribution in [-0.2, 0) is 6.54 Å². The van der Waals surface area contributed by atoms with Crippen molar-refractivity contribution in [3.8, 4) is 22.0 Å². The molecule has 34 heavy (non-hydrogen) atoms. The molecule has 2 aliphatic carbocycles. The van der Waals surface area contributed by atoms with Gasteiger partial charge in [0, 0.05) is 29.7 Å². The normalized spacial score (nSPS) is 17.7. The topological polar surface area (TPSA) is 46.9 Å². The van der Waals surface area contributed by atoms with Crippen molar-refractivity contribution in [3.05, 3.63) is 53.0 Å². The molecule has 2 heterocycles. The maximum Gasteiger partial charge on any atom is 0.253 e. The van der Waals surface area contributed by atoms with Gasteiger partial charge in [-0.3, -0.25) is 4.79 Å². The van der Waals surface area contributed by atoms with Crippen molar-refractivity contribution in [2.45, 2.75) is 77.7 Å². The molecule has 2 fully saturated rings. The third-order valence-corrected chi connectivity index (χ3v) is 8.73. The van der Waals surface area contributed by atoms with Crippen molar-refractivity contribution in [2.75, 3.05) is 6.54 Å². The van der Waals surface area contributed by atoms with Crippen LogP contribution < -0.4 is 5.32 Å². The lowest BCUT2D eigenvalue weighted by Gasteiger charge is -2.24. The van der Waals surface area contributed by atoms with Gasteiger partial charge in [-0.2, -0.15) is 0 Å². The van der Waals surface area contributed by atoms with Crippen LogP contribution >= 0.6 is 11.3 Å². The summed E-state index contributed by atoms with van der Waals surface area (Å²) in [5, 5.41) is 6.45. The summed E-state index contributed by atoms with van der Waals surface area (Å²) in [7, 11) is 0. The number of aromatic nitrogens is 2. The van der Waals surface area contributed by atoms with E-state index >= 15 is 0 Å². The van der Waals surface area contributed by atoms with Crippen molar-refractivity contribution in [1.82, 2.24) is 14.9 Å². The summed E-state index contributed by atoms with van der Waals surface area (Å²) in [6.45, 7) is 3.90. The molecular weight excluding hydrogens is 438 g/mol. The third-order valence-electron chi connectivity index (χ3n) is 7.84. The number of carbonyl (C=O) groups is 1. The molecule has 5 heteroatoms. The fraction of sp³-hybridized carbons (Fsp3) is 0.517. The smallest absolute Gasteiger partial charge is 0.253 e. The second-order valence-corrected chi connectivity index (χ2v) is 11.1. The van der Waals surface area contributed by atoms with E-state index in [-0.39, 0.29) is 5.91 Å². The molecule has 180 valence electrons. The zero-order valence-electron chi connectivity index (χ0n) is 20.4. The van der Waals surface area contributed by atoms with Gasteiger partial charge in [-0.1, -0.05) is 68.9 Å². The van der Waals surface area contributed by atoms with Crippen LogP contribution in [0.15, 0.2) is 41.8 Å². The van der Waals surface area contributed by atoms with Crippen molar-refractivity contribution in [3.63, 3.8) is 0 Å². The van der Waals surface area contributed by atoms with E-state index in [9.17, 15) is 4.79 Å². The monoisotopic (exact) mass is 475 g/mol. The molecule has 2 saturated carbocycles. The van der Waals surface area contributed by atoms with E-state index < -0.39 is 0 Å². The number of nitrogens with zero attached hydrogens (tertiary/aromatic N) is 2. The molecule has 0 radical (unpaired) electrons. The van der Waals surface area contributed by atoms with Gasteiger partial charge in [-0.05, 0) is 50.5 Å². The Morgan fingerprint density at radius 2 is 1.68 bits per heavy atom. The molecule has 0 aliphatic heterocycles. The lowest BCUT2D eigenvalue weighted by atomic mass is 9.89. The van der Waals surface area contributed by atoms with Crippen LogP contribution in [0.1, 0.15) is 80.3 Å². The molecule has 0 saturated heterocycles. The van der Waals surface area contributed by atoms with Gasteiger partial charge >= 0.3 is 0 Å². The number of nitrogens with one attached hydrogen (secondary N) is 1. The number of thiazole rings is 1. The summed E-state index contributed by atoms with van der Waals surface area (Å²) in [6.07, 6.45) is 13.0. The molecule has 1 aromatic carbocycles. The Labute approximate surface area is 207 Å². The van der Waals surface area contributed by atoms with Gasteiger partial charge in [-0.15, -0.1) is 11.3 Å². The van der Waals surface area contributed by atoms with E-state index in [2.05, 4.69) is 52.5 Å². The molecule has 0 atom stereocenters. The standard InChI is InChI=1S/C29H37N3OS/c1-21-25(28(33)30-18-22-11-5-2-6-12-22)17-27(32(21)19-23-13-7-3-8-14-23)26-20-34-29(31-26)24-15-9-4-10-16-24/h4,9-10,15-17,20,22-23H,2-3,5-8,11-14,18-19H2,1H3,(H,30,33). The minimum absolute atomic E-state index is 0.0743. The highest BCUT2D eigenvalue weighted by Gasteiger charge is 2.24. The Kier molecular flexibility index (Phi) is 7.48. The molecule has 0 unspecified atom stereocenters. The summed E-state index contributed by atoms with van der Waals surface area (Å²) in [4.78, 5) is 18.3. The zero-order chi connectivity index (χ0) is 23.3. The molecule has 0 spiro atoms. The van der Waals surface area contributed by atoms with Gasteiger partial charge in [0.25, 0.3) is 5.91 Å². The SMILES string of the molecule is Cc1c(C(=O)NCC2CCCCC2)cc(-c2csc(-c3ccccc3)n2)n1CC1CCCCC1. The summed E-state index contributed by atoms with van der Waals surface area (Å²) < 4.78 is 2.38. The Balaban J connectivity index is 1.42. The second-order valence-electron chi connectivity index (χ2n) is 10.3. The molecule has 0 bridgehead atoms. The first-order valence-corrected chi connectivity index (χ1v) is 14.1. The Bertz CT molecular complexity index is 1090. The highest BCUT2D eigenvalue weighted by atomic mass is 32.1. The van der Waals surface area contributed by atoms with Crippen molar-refractivity contribution < 1.29 is 4.79 Å². The minimum atomic E-state index is 0.0743. The molecule has 2 aromatic heterocycles. The highest BCUT2D eigenvalue weighted by Crippen LogP contribution is 2.34. The second kappa shape index (κ2) is 10.9. The first-order chi connectivity index (χ1) is 16.7. The molecule has 1 N–H and O–H groups in total. The van der Waals surface area contributed by atoms with E-state index in [0.29, 0.717) is 11.8 Å². The zero-order valence-corrected chi connectivity index (χ0v) is 21.2. The lowest BCUT2D eigenvalue weighted by molar-refractivity contribution is 0.0942. The molecular formula is C29H37N3OS. The Hall–Kier alpha value is -2.40. The van der Waals surface area contributed by atoms with Crippen molar-refractivity contribution in [2.24, 2.45) is 11.8 Å². The van der Waals surface area contributed by atoms with Crippen molar-refractivity contribution in [1.29, 1.82) is 0 Å². The number of hydrogen-bond acceptors (Lipinski definition) is 3. The predicted octanol–water partition coefficient (Wildman–Crippen LogP) is 7.48. The number of rotatable bonds is 7. The quantitative estimate of drug-likeness (QED) is 0.385. The van der Waals surface area contributed by atoms with Gasteiger partial charge in [0.05, 0.1) is 17.0 Å². The summed E-state index contributed by atoms with van der Waals surface area (Å²) in [5.74, 6) is 1.39. The van der Waals surface area contributed by atoms with Gasteiger partial charge in [0.15, 0.2) is 0 Å². The number of amides is 1. The van der Waals surface area contributed by atoms with Crippen molar-refractivity contribution >= 4 is 17.2 Å². The Morgan fingerprint density at radius 3 is 2.38 bits per heavy atom. The fourth-order valence-corrected chi connectivity index (χ4v) is 6.60. The van der Waals surface area contributed by atoms with Crippen LogP contribution in [0.5, 0.6) is 0 Å².